The van der Waals surface area contributed by atoms with E-state index in [9.17, 15) is 4.79 Å². The third-order valence-electron chi connectivity index (χ3n) is 1.66. The number of hydrogen-bond acceptors (Lipinski definition) is 4. The van der Waals surface area contributed by atoms with Crippen molar-refractivity contribution in [2.75, 3.05) is 19.0 Å². The number of methoxy groups -OCH3 is 1. The monoisotopic (exact) mass is 183 g/mol. The van der Waals surface area contributed by atoms with Crippen LogP contribution in [0.15, 0.2) is 12.4 Å². The number of aromatic nitrogens is 2. The summed E-state index contributed by atoms with van der Waals surface area (Å²) in [5, 5.41) is 3.01. The topological polar surface area (TPSA) is 56.1 Å². The first-order chi connectivity index (χ1) is 6.24. The normalized spacial score (nSPS) is 9.69. The van der Waals surface area contributed by atoms with E-state index < -0.39 is 0 Å². The van der Waals surface area contributed by atoms with Crippen molar-refractivity contribution in [3.05, 3.63) is 12.4 Å². The van der Waals surface area contributed by atoms with E-state index in [1.165, 1.54) is 7.11 Å². The van der Waals surface area contributed by atoms with Crippen LogP contribution in [-0.4, -0.2) is 29.2 Å². The van der Waals surface area contributed by atoms with Gasteiger partial charge in [0, 0.05) is 26.0 Å². The van der Waals surface area contributed by atoms with Crippen molar-refractivity contribution in [2.24, 2.45) is 7.05 Å². The maximum Gasteiger partial charge on any atom is 0.307 e. The SMILES string of the molecule is COC(=O)CCNc1nccn1C. The fourth-order valence-electron chi connectivity index (χ4n) is 0.914. The molecule has 0 aliphatic heterocycles. The van der Waals surface area contributed by atoms with Crippen LogP contribution in [0.2, 0.25) is 0 Å². The molecule has 5 nitrogen and oxygen atoms in total. The zero-order chi connectivity index (χ0) is 9.68. The highest BCUT2D eigenvalue weighted by molar-refractivity contribution is 5.69. The second-order valence-electron chi connectivity index (χ2n) is 2.61. The van der Waals surface area contributed by atoms with Crippen LogP contribution in [-0.2, 0) is 16.6 Å². The zero-order valence-electron chi connectivity index (χ0n) is 7.78. The molecule has 0 saturated heterocycles. The van der Waals surface area contributed by atoms with E-state index in [0.717, 1.165) is 5.95 Å². The van der Waals surface area contributed by atoms with Crippen LogP contribution in [0, 0.1) is 0 Å². The molecule has 1 aromatic heterocycles. The van der Waals surface area contributed by atoms with E-state index in [2.05, 4.69) is 15.0 Å². The molecule has 0 saturated carbocycles. The Labute approximate surface area is 76.7 Å². The fraction of sp³-hybridized carbons (Fsp3) is 0.500. The number of carbonyl (C=O) groups excluding carboxylic acids is 1. The second-order valence-corrected chi connectivity index (χ2v) is 2.61. The maximum absolute atomic E-state index is 10.7. The average molecular weight is 183 g/mol. The van der Waals surface area contributed by atoms with Gasteiger partial charge in [0.05, 0.1) is 13.5 Å². The van der Waals surface area contributed by atoms with E-state index >= 15 is 0 Å². The van der Waals surface area contributed by atoms with Gasteiger partial charge in [-0.05, 0) is 0 Å². The van der Waals surface area contributed by atoms with Crippen molar-refractivity contribution in [1.29, 1.82) is 0 Å². The van der Waals surface area contributed by atoms with Gasteiger partial charge in [-0.3, -0.25) is 4.79 Å². The van der Waals surface area contributed by atoms with Gasteiger partial charge >= 0.3 is 5.97 Å². The van der Waals surface area contributed by atoms with Gasteiger partial charge in [-0.15, -0.1) is 0 Å². The maximum atomic E-state index is 10.7. The number of imidazole rings is 1. The number of esters is 1. The lowest BCUT2D eigenvalue weighted by atomic mass is 10.4. The number of nitrogens with zero attached hydrogens (tertiary/aromatic N) is 2. The highest BCUT2D eigenvalue weighted by atomic mass is 16.5. The summed E-state index contributed by atoms with van der Waals surface area (Å²) in [6.07, 6.45) is 3.88. The molecule has 0 bridgehead atoms. The van der Waals surface area contributed by atoms with Crippen molar-refractivity contribution >= 4 is 11.9 Å². The molecule has 0 unspecified atom stereocenters. The number of anilines is 1. The second kappa shape index (κ2) is 4.49. The Morgan fingerprint density at radius 1 is 1.77 bits per heavy atom. The molecule has 1 aromatic rings. The van der Waals surface area contributed by atoms with Crippen LogP contribution in [0.25, 0.3) is 0 Å². The zero-order valence-corrected chi connectivity index (χ0v) is 7.78. The van der Waals surface area contributed by atoms with Crippen molar-refractivity contribution < 1.29 is 9.53 Å². The fourth-order valence-corrected chi connectivity index (χ4v) is 0.914. The van der Waals surface area contributed by atoms with Crippen LogP contribution in [0.5, 0.6) is 0 Å². The van der Waals surface area contributed by atoms with E-state index in [4.69, 9.17) is 0 Å². The number of carbonyl (C=O) groups is 1. The predicted molar refractivity (Wildman–Crippen MR) is 48.3 cm³/mol. The molecule has 0 aliphatic rings. The van der Waals surface area contributed by atoms with Crippen molar-refractivity contribution in [3.63, 3.8) is 0 Å². The van der Waals surface area contributed by atoms with Gasteiger partial charge in [0.1, 0.15) is 0 Å². The summed E-state index contributed by atoms with van der Waals surface area (Å²) in [5.41, 5.74) is 0. The first-order valence-corrected chi connectivity index (χ1v) is 4.02. The molecule has 72 valence electrons. The van der Waals surface area contributed by atoms with Gasteiger partial charge in [0.15, 0.2) is 0 Å². The average Bonchev–Trinajstić information content (AvgIpc) is 2.52. The van der Waals surface area contributed by atoms with Crippen LogP contribution >= 0.6 is 0 Å². The molecule has 0 spiro atoms. The Hall–Kier alpha value is -1.52. The van der Waals surface area contributed by atoms with E-state index in [-0.39, 0.29) is 5.97 Å². The number of rotatable bonds is 4. The lowest BCUT2D eigenvalue weighted by Gasteiger charge is -2.04. The van der Waals surface area contributed by atoms with Gasteiger partial charge in [-0.2, -0.15) is 0 Å². The van der Waals surface area contributed by atoms with Crippen LogP contribution < -0.4 is 5.32 Å². The smallest absolute Gasteiger partial charge is 0.307 e. The van der Waals surface area contributed by atoms with Gasteiger partial charge in [-0.1, -0.05) is 0 Å². The number of aryl methyl sites for hydroxylation is 1. The van der Waals surface area contributed by atoms with E-state index in [1.807, 2.05) is 17.8 Å². The highest BCUT2D eigenvalue weighted by Gasteiger charge is 2.01. The summed E-state index contributed by atoms with van der Waals surface area (Å²) in [6, 6.07) is 0. The minimum Gasteiger partial charge on any atom is -0.469 e. The summed E-state index contributed by atoms with van der Waals surface area (Å²) in [4.78, 5) is 14.8. The van der Waals surface area contributed by atoms with Gasteiger partial charge in [0.25, 0.3) is 0 Å². The van der Waals surface area contributed by atoms with Crippen molar-refractivity contribution in [3.8, 4) is 0 Å². The predicted octanol–water partition coefficient (Wildman–Crippen LogP) is 0.395. The molecule has 0 amide bonds. The highest BCUT2D eigenvalue weighted by Crippen LogP contribution is 2.00. The largest absolute Gasteiger partial charge is 0.469 e. The molecule has 0 fully saturated rings. The molecule has 0 radical (unpaired) electrons. The van der Waals surface area contributed by atoms with E-state index in [0.29, 0.717) is 13.0 Å². The lowest BCUT2D eigenvalue weighted by molar-refractivity contribution is -0.140. The Kier molecular flexibility index (Phi) is 3.31. The molecule has 1 rings (SSSR count). The number of ether oxygens (including phenoxy) is 1. The molecule has 13 heavy (non-hydrogen) atoms. The molecule has 0 aromatic carbocycles. The molecular formula is C8H13N3O2. The number of nitrogens with one attached hydrogen (secondary N) is 1. The van der Waals surface area contributed by atoms with Crippen molar-refractivity contribution in [2.45, 2.75) is 6.42 Å². The third-order valence-corrected chi connectivity index (χ3v) is 1.66. The Bertz CT molecular complexity index is 283. The first kappa shape index (κ1) is 9.57. The Balaban J connectivity index is 2.28. The Morgan fingerprint density at radius 3 is 3.08 bits per heavy atom. The molecule has 1 heterocycles. The minimum absolute atomic E-state index is 0.221. The van der Waals surface area contributed by atoms with Crippen LogP contribution in [0.3, 0.4) is 0 Å². The summed E-state index contributed by atoms with van der Waals surface area (Å²) in [6.45, 7) is 0.539. The molecule has 1 N–H and O–H groups in total. The van der Waals surface area contributed by atoms with Gasteiger partial charge in [-0.25, -0.2) is 4.98 Å². The molecular weight excluding hydrogens is 170 g/mol. The van der Waals surface area contributed by atoms with E-state index in [1.54, 1.807) is 6.20 Å². The third kappa shape index (κ3) is 2.77. The van der Waals surface area contributed by atoms with Gasteiger partial charge in [0.2, 0.25) is 5.95 Å². The van der Waals surface area contributed by atoms with Crippen LogP contribution in [0.1, 0.15) is 6.42 Å². The lowest BCUT2D eigenvalue weighted by Crippen LogP contribution is -2.11. The van der Waals surface area contributed by atoms with Crippen LogP contribution in [0.4, 0.5) is 5.95 Å². The molecule has 5 heteroatoms. The summed E-state index contributed by atoms with van der Waals surface area (Å²) in [5.74, 6) is 0.533. The molecule has 0 atom stereocenters. The number of hydrogen-bond donors (Lipinski definition) is 1. The summed E-state index contributed by atoms with van der Waals surface area (Å²) in [7, 11) is 3.26. The minimum atomic E-state index is -0.221. The molecule has 0 aliphatic carbocycles. The van der Waals surface area contributed by atoms with Crippen molar-refractivity contribution in [1.82, 2.24) is 9.55 Å². The Morgan fingerprint density at radius 2 is 2.54 bits per heavy atom. The van der Waals surface area contributed by atoms with Gasteiger partial charge < -0.3 is 14.6 Å². The quantitative estimate of drug-likeness (QED) is 0.686. The summed E-state index contributed by atoms with van der Waals surface area (Å²) >= 11 is 0. The standard InChI is InChI=1S/C8H13N3O2/c1-11-6-5-10-8(11)9-4-3-7(12)13-2/h5-6H,3-4H2,1-2H3,(H,9,10). The first-order valence-electron chi connectivity index (χ1n) is 4.02. The summed E-state index contributed by atoms with van der Waals surface area (Å²) < 4.78 is 6.34.